The number of aliphatic hydroxyl groups is 2. The van der Waals surface area contributed by atoms with Crippen LogP contribution in [0, 0.1) is 58.2 Å². The van der Waals surface area contributed by atoms with E-state index in [-0.39, 0.29) is 24.0 Å². The van der Waals surface area contributed by atoms with E-state index in [0.29, 0.717) is 23.3 Å². The summed E-state index contributed by atoms with van der Waals surface area (Å²) in [5, 5.41) is 21.1. The highest BCUT2D eigenvalue weighted by Crippen LogP contribution is 2.60. The van der Waals surface area contributed by atoms with Crippen LogP contribution < -0.4 is 9.47 Å². The van der Waals surface area contributed by atoms with Gasteiger partial charge in [0, 0.05) is 0 Å². The number of hydrogen-bond donors (Lipinski definition) is 2. The predicted molar refractivity (Wildman–Crippen MR) is 141 cm³/mol. The highest BCUT2D eigenvalue weighted by molar-refractivity contribution is 5.35. The Hall–Kier alpha value is -2.66. The number of hydrogen-bond acceptors (Lipinski definition) is 4. The van der Waals surface area contributed by atoms with Crippen LogP contribution in [0.5, 0.6) is 11.5 Å². The second-order valence-corrected chi connectivity index (χ2v) is 12.0. The fourth-order valence-corrected chi connectivity index (χ4v) is 6.72. The third-order valence-corrected chi connectivity index (χ3v) is 9.58. The zero-order valence-electron chi connectivity index (χ0n) is 21.9. The van der Waals surface area contributed by atoms with Crippen LogP contribution in [0.1, 0.15) is 53.4 Å². The Kier molecular flexibility index (Phi) is 6.71. The summed E-state index contributed by atoms with van der Waals surface area (Å²) in [7, 11) is 0. The summed E-state index contributed by atoms with van der Waals surface area (Å²) >= 11 is 0. The smallest absolute Gasteiger partial charge is 0.149 e. The first-order chi connectivity index (χ1) is 17.2. The van der Waals surface area contributed by atoms with Crippen LogP contribution in [-0.4, -0.2) is 35.6 Å². The normalized spacial score (nSPS) is 29.8. The van der Waals surface area contributed by atoms with E-state index < -0.39 is 12.2 Å². The standard InChI is InChI=1S/C32H38O4/c1-31(2)21-9-15-25(27(31)19-21)29(33)7-5-17-35-23-11-13-24(14-12-23)36-18-6-8-30(34)26-16-10-22-20-28(26)32(22,3)4/h11-16,21-22,27-30,33-34H,9-10,17-20H2,1-4H3/t21-,22-,27+,28+,29?,30?/m1/s1. The molecule has 2 N–H and O–H groups in total. The number of benzene rings is 1. The molecule has 2 saturated carbocycles. The molecule has 6 atom stereocenters. The van der Waals surface area contributed by atoms with Crippen molar-refractivity contribution in [2.45, 2.75) is 65.6 Å². The largest absolute Gasteiger partial charge is 0.481 e. The second-order valence-electron chi connectivity index (χ2n) is 12.0. The van der Waals surface area contributed by atoms with Crippen LogP contribution >= 0.6 is 0 Å². The molecule has 2 unspecified atom stereocenters. The van der Waals surface area contributed by atoms with Gasteiger partial charge in [0.05, 0.1) is 0 Å². The van der Waals surface area contributed by atoms with Gasteiger partial charge in [0.25, 0.3) is 0 Å². The van der Waals surface area contributed by atoms with E-state index in [9.17, 15) is 10.2 Å². The van der Waals surface area contributed by atoms with E-state index in [2.05, 4.69) is 63.5 Å². The van der Waals surface area contributed by atoms with Gasteiger partial charge in [-0.2, -0.15) is 0 Å². The van der Waals surface area contributed by atoms with Crippen LogP contribution in [-0.2, 0) is 0 Å². The number of aliphatic hydroxyl groups excluding tert-OH is 2. The maximum Gasteiger partial charge on any atom is 0.149 e. The van der Waals surface area contributed by atoms with Crippen LogP contribution in [0.15, 0.2) is 47.6 Å². The lowest BCUT2D eigenvalue weighted by Crippen LogP contribution is -2.49. The van der Waals surface area contributed by atoms with E-state index in [0.717, 1.165) is 35.8 Å². The quantitative estimate of drug-likeness (QED) is 0.431. The van der Waals surface area contributed by atoms with Crippen molar-refractivity contribution >= 4 is 0 Å². The van der Waals surface area contributed by atoms with E-state index >= 15 is 0 Å². The van der Waals surface area contributed by atoms with Crippen molar-refractivity contribution in [2.24, 2.45) is 34.5 Å². The summed E-state index contributed by atoms with van der Waals surface area (Å²) in [5.74, 6) is 15.6. The molecule has 0 spiro atoms. The molecule has 0 aromatic heterocycles. The molecule has 7 rings (SSSR count). The molecule has 4 heteroatoms. The van der Waals surface area contributed by atoms with Crippen LogP contribution in [0.2, 0.25) is 0 Å². The molecule has 2 fully saturated rings. The lowest BCUT2D eigenvalue weighted by Gasteiger charge is -2.56. The average molecular weight is 487 g/mol. The highest BCUT2D eigenvalue weighted by atomic mass is 16.5. The molecule has 4 bridgehead atoms. The van der Waals surface area contributed by atoms with Gasteiger partial charge in [-0.3, -0.25) is 0 Å². The Balaban J connectivity index is 1.05. The van der Waals surface area contributed by atoms with Gasteiger partial charge in [0.1, 0.15) is 36.9 Å². The van der Waals surface area contributed by atoms with E-state index in [4.69, 9.17) is 9.47 Å². The molecule has 6 aliphatic rings. The van der Waals surface area contributed by atoms with Gasteiger partial charge < -0.3 is 19.7 Å². The monoisotopic (exact) mass is 486 g/mol. The molecule has 0 aliphatic heterocycles. The van der Waals surface area contributed by atoms with Crippen molar-refractivity contribution in [2.75, 3.05) is 13.2 Å². The maximum atomic E-state index is 10.5. The zero-order valence-corrected chi connectivity index (χ0v) is 21.9. The van der Waals surface area contributed by atoms with Gasteiger partial charge in [-0.1, -0.05) is 63.5 Å². The number of allylic oxidation sites excluding steroid dienone is 2. The van der Waals surface area contributed by atoms with Gasteiger partial charge >= 0.3 is 0 Å². The zero-order chi connectivity index (χ0) is 25.5. The number of ether oxygens (including phenoxy) is 2. The van der Waals surface area contributed by atoms with Crippen LogP contribution in [0.3, 0.4) is 0 Å². The first kappa shape index (κ1) is 25.0. The first-order valence-corrected chi connectivity index (χ1v) is 13.3. The SMILES string of the molecule is CC1(C)[C@@H]2CC=C(C(O)C#CCOc3ccc(OCC#CC(O)C4=CC[C@@H]5C[C@@H]4C5(C)C)cc3)[C@@H]1C2. The van der Waals surface area contributed by atoms with Gasteiger partial charge in [-0.25, -0.2) is 0 Å². The molecule has 1 aromatic rings. The molecule has 6 aliphatic carbocycles. The van der Waals surface area contributed by atoms with Crippen molar-refractivity contribution in [3.63, 3.8) is 0 Å². The summed E-state index contributed by atoms with van der Waals surface area (Å²) in [6, 6.07) is 7.33. The average Bonchev–Trinajstić information content (AvgIpc) is 2.89. The Morgan fingerprint density at radius 1 is 0.750 bits per heavy atom. The fourth-order valence-electron chi connectivity index (χ4n) is 6.72. The van der Waals surface area contributed by atoms with Gasteiger partial charge in [-0.05, 0) is 95.6 Å². The maximum absolute atomic E-state index is 10.5. The molecule has 4 nitrogen and oxygen atoms in total. The summed E-state index contributed by atoms with van der Waals surface area (Å²) < 4.78 is 11.4. The minimum absolute atomic E-state index is 0.221. The Morgan fingerprint density at radius 3 is 1.47 bits per heavy atom. The summed E-state index contributed by atoms with van der Waals surface area (Å²) in [6.45, 7) is 9.62. The van der Waals surface area contributed by atoms with Crippen molar-refractivity contribution in [1.29, 1.82) is 0 Å². The first-order valence-electron chi connectivity index (χ1n) is 13.3. The van der Waals surface area contributed by atoms with Crippen molar-refractivity contribution < 1.29 is 19.7 Å². The molecule has 36 heavy (non-hydrogen) atoms. The minimum atomic E-state index is -0.707. The predicted octanol–water partition coefficient (Wildman–Crippen LogP) is 5.16. The molecule has 0 amide bonds. The highest BCUT2D eigenvalue weighted by Gasteiger charge is 2.53. The van der Waals surface area contributed by atoms with E-state index in [1.165, 1.54) is 12.8 Å². The lowest BCUT2D eigenvalue weighted by molar-refractivity contribution is -0.0169. The van der Waals surface area contributed by atoms with Gasteiger partial charge in [0.15, 0.2) is 0 Å². The minimum Gasteiger partial charge on any atom is -0.481 e. The lowest BCUT2D eigenvalue weighted by atomic mass is 9.48. The molecule has 0 heterocycles. The van der Waals surface area contributed by atoms with E-state index in [1.54, 1.807) is 0 Å². The van der Waals surface area contributed by atoms with Crippen molar-refractivity contribution in [3.8, 4) is 35.2 Å². The van der Waals surface area contributed by atoms with Gasteiger partial charge in [-0.15, -0.1) is 0 Å². The Bertz CT molecular complexity index is 1070. The molecule has 0 saturated heterocycles. The molecule has 0 radical (unpaired) electrons. The fraction of sp³-hybridized carbons (Fsp3) is 0.562. The summed E-state index contributed by atoms with van der Waals surface area (Å²) in [6.07, 6.45) is 7.40. The molecule has 190 valence electrons. The third-order valence-electron chi connectivity index (χ3n) is 9.58. The number of rotatable bonds is 6. The molecular weight excluding hydrogens is 448 g/mol. The van der Waals surface area contributed by atoms with Crippen molar-refractivity contribution in [3.05, 3.63) is 47.6 Å². The van der Waals surface area contributed by atoms with E-state index in [1.807, 2.05) is 24.3 Å². The molecule has 1 aromatic carbocycles. The Labute approximate surface area is 215 Å². The molecular formula is C32H38O4. The van der Waals surface area contributed by atoms with Crippen molar-refractivity contribution in [1.82, 2.24) is 0 Å². The van der Waals surface area contributed by atoms with Crippen LogP contribution in [0.4, 0.5) is 0 Å². The number of fused-ring (bicyclic) bond motifs is 2. The third kappa shape index (κ3) is 4.58. The topological polar surface area (TPSA) is 58.9 Å². The second kappa shape index (κ2) is 9.66. The van der Waals surface area contributed by atoms with Crippen LogP contribution in [0.25, 0.3) is 0 Å². The Morgan fingerprint density at radius 2 is 1.14 bits per heavy atom. The summed E-state index contributed by atoms with van der Waals surface area (Å²) in [4.78, 5) is 0. The van der Waals surface area contributed by atoms with Gasteiger partial charge in [0.2, 0.25) is 0 Å². The summed E-state index contributed by atoms with van der Waals surface area (Å²) in [5.41, 5.74) is 2.73.